The number of carbonyl (C=O) groups is 1. The van der Waals surface area contributed by atoms with Crippen molar-refractivity contribution in [3.8, 4) is 31.3 Å². The number of rotatable bonds is 5. The van der Waals surface area contributed by atoms with Gasteiger partial charge in [-0.1, -0.05) is 86.6 Å². The van der Waals surface area contributed by atoms with Crippen LogP contribution in [0.5, 0.6) is 0 Å². The zero-order chi connectivity index (χ0) is 30.3. The summed E-state index contributed by atoms with van der Waals surface area (Å²) in [5.74, 6) is 0. The number of nitrogens with zero attached hydrogens (tertiary/aromatic N) is 1. The van der Waals surface area contributed by atoms with Crippen molar-refractivity contribution in [3.63, 3.8) is 0 Å². The van der Waals surface area contributed by atoms with Crippen LogP contribution in [0, 0.1) is 0 Å². The first-order chi connectivity index (χ1) is 22.0. The van der Waals surface area contributed by atoms with Crippen molar-refractivity contribution in [1.82, 2.24) is 0 Å². The molecular formula is C41H33NOS2. The molecule has 0 radical (unpaired) electrons. The lowest BCUT2D eigenvalue weighted by atomic mass is 9.80. The van der Waals surface area contributed by atoms with Crippen LogP contribution in [0.4, 0.5) is 5.69 Å². The van der Waals surface area contributed by atoms with Gasteiger partial charge in [0.15, 0.2) is 6.29 Å². The molecule has 4 aromatic carbocycles. The molecule has 0 fully saturated rings. The molecule has 2 aliphatic carbocycles. The molecule has 3 heterocycles. The van der Waals surface area contributed by atoms with Crippen molar-refractivity contribution < 1.29 is 4.79 Å². The summed E-state index contributed by atoms with van der Waals surface area (Å²) in [5, 5.41) is 0. The van der Waals surface area contributed by atoms with Gasteiger partial charge in [0.05, 0.1) is 17.0 Å². The van der Waals surface area contributed by atoms with Gasteiger partial charge < -0.3 is 4.90 Å². The third-order valence-corrected chi connectivity index (χ3v) is 12.7. The van der Waals surface area contributed by atoms with Gasteiger partial charge in [-0.2, -0.15) is 0 Å². The Labute approximate surface area is 272 Å². The number of fused-ring (bicyclic) bond motifs is 3. The second-order valence-corrected chi connectivity index (χ2v) is 15.3. The monoisotopic (exact) mass is 619 g/mol. The fraction of sp³-hybridized carbons (Fsp3) is 0.195. The van der Waals surface area contributed by atoms with E-state index in [2.05, 4.69) is 122 Å². The third-order valence-electron chi connectivity index (χ3n) is 10.4. The minimum Gasteiger partial charge on any atom is -0.353 e. The molecule has 0 saturated heterocycles. The predicted octanol–water partition coefficient (Wildman–Crippen LogP) is 11.2. The van der Waals surface area contributed by atoms with Gasteiger partial charge in [0.2, 0.25) is 0 Å². The third kappa shape index (κ3) is 4.02. The quantitative estimate of drug-likeness (QED) is 0.179. The van der Waals surface area contributed by atoms with Crippen molar-refractivity contribution >= 4 is 34.6 Å². The molecule has 1 aliphatic heterocycles. The molecule has 0 amide bonds. The number of para-hydroxylation sites is 1. The van der Waals surface area contributed by atoms with E-state index in [9.17, 15) is 4.79 Å². The molecule has 0 bridgehead atoms. The topological polar surface area (TPSA) is 20.3 Å². The zero-order valence-corrected chi connectivity index (χ0v) is 27.1. The summed E-state index contributed by atoms with van der Waals surface area (Å²) < 4.78 is 0. The normalized spacial score (nSPS) is 18.8. The highest BCUT2D eigenvalue weighted by Gasteiger charge is 2.44. The highest BCUT2D eigenvalue weighted by atomic mass is 32.1. The first-order valence-electron chi connectivity index (χ1n) is 15.9. The van der Waals surface area contributed by atoms with Crippen LogP contribution >= 0.6 is 22.7 Å². The van der Waals surface area contributed by atoms with Crippen LogP contribution in [-0.4, -0.2) is 6.29 Å². The van der Waals surface area contributed by atoms with Gasteiger partial charge in [0.25, 0.3) is 0 Å². The molecule has 3 aliphatic rings. The van der Waals surface area contributed by atoms with Crippen molar-refractivity contribution in [1.29, 1.82) is 0 Å². The van der Waals surface area contributed by atoms with Crippen LogP contribution in [0.3, 0.4) is 0 Å². The van der Waals surface area contributed by atoms with Gasteiger partial charge in [-0.15, -0.1) is 22.7 Å². The van der Waals surface area contributed by atoms with E-state index < -0.39 is 0 Å². The fourth-order valence-electron chi connectivity index (χ4n) is 8.36. The molecule has 2 atom stereocenters. The SMILES string of the molecule is CC1(C)c2ccccc2-c2ccc(C3c4ccc(-c5ccc(-c6ccc(C=O)s6)s5)c5c4C(CCC5)N3c3ccccc3)cc21. The van der Waals surface area contributed by atoms with Crippen LogP contribution in [0.2, 0.25) is 0 Å². The van der Waals surface area contributed by atoms with Crippen molar-refractivity contribution in [3.05, 3.63) is 147 Å². The number of aldehydes is 1. The smallest absolute Gasteiger partial charge is 0.160 e. The average Bonchev–Trinajstić information content (AvgIpc) is 3.87. The molecule has 220 valence electrons. The highest BCUT2D eigenvalue weighted by Crippen LogP contribution is 2.56. The Morgan fingerprint density at radius 3 is 2.31 bits per heavy atom. The highest BCUT2D eigenvalue weighted by molar-refractivity contribution is 7.24. The van der Waals surface area contributed by atoms with Crippen LogP contribution in [-0.2, 0) is 11.8 Å². The van der Waals surface area contributed by atoms with Gasteiger partial charge in [0.1, 0.15) is 0 Å². The Kier molecular flexibility index (Phi) is 6.10. The number of thiophene rings is 2. The van der Waals surface area contributed by atoms with Gasteiger partial charge in [0, 0.05) is 25.7 Å². The molecule has 0 saturated carbocycles. The maximum Gasteiger partial charge on any atom is 0.160 e. The first kappa shape index (κ1) is 27.1. The van der Waals surface area contributed by atoms with Crippen LogP contribution in [0.1, 0.15) is 81.8 Å². The minimum absolute atomic E-state index is 0.0325. The maximum absolute atomic E-state index is 11.3. The van der Waals surface area contributed by atoms with Crippen molar-refractivity contribution in [2.24, 2.45) is 0 Å². The Balaban J connectivity index is 1.20. The van der Waals surface area contributed by atoms with Crippen LogP contribution in [0.25, 0.3) is 31.3 Å². The number of anilines is 1. The molecule has 0 spiro atoms. The van der Waals surface area contributed by atoms with Crippen molar-refractivity contribution in [2.75, 3.05) is 4.90 Å². The predicted molar refractivity (Wildman–Crippen MR) is 189 cm³/mol. The van der Waals surface area contributed by atoms with E-state index in [0.717, 1.165) is 28.9 Å². The second kappa shape index (κ2) is 10.1. The van der Waals surface area contributed by atoms with E-state index in [1.807, 2.05) is 17.4 Å². The maximum atomic E-state index is 11.3. The molecule has 2 aromatic heterocycles. The lowest BCUT2D eigenvalue weighted by Crippen LogP contribution is -2.28. The van der Waals surface area contributed by atoms with Crippen LogP contribution in [0.15, 0.2) is 109 Å². The summed E-state index contributed by atoms with van der Waals surface area (Å²) in [4.78, 5) is 18.5. The van der Waals surface area contributed by atoms with E-state index >= 15 is 0 Å². The summed E-state index contributed by atoms with van der Waals surface area (Å²) in [6.45, 7) is 4.76. The molecule has 9 rings (SSSR count). The summed E-state index contributed by atoms with van der Waals surface area (Å²) in [6, 6.07) is 41.2. The van der Waals surface area contributed by atoms with Crippen LogP contribution < -0.4 is 4.90 Å². The largest absolute Gasteiger partial charge is 0.353 e. The fourth-order valence-corrected chi connectivity index (χ4v) is 10.3. The number of hydrogen-bond acceptors (Lipinski definition) is 4. The Morgan fingerprint density at radius 1 is 0.733 bits per heavy atom. The van der Waals surface area contributed by atoms with Gasteiger partial charge >= 0.3 is 0 Å². The Morgan fingerprint density at radius 2 is 1.47 bits per heavy atom. The molecule has 45 heavy (non-hydrogen) atoms. The summed E-state index contributed by atoms with van der Waals surface area (Å²) in [6.07, 6.45) is 4.40. The van der Waals surface area contributed by atoms with Crippen molar-refractivity contribution in [2.45, 2.75) is 50.6 Å². The summed E-state index contributed by atoms with van der Waals surface area (Å²) >= 11 is 3.42. The molecule has 4 heteroatoms. The first-order valence-corrected chi connectivity index (χ1v) is 17.5. The molecular weight excluding hydrogens is 587 g/mol. The minimum atomic E-state index is -0.0325. The van der Waals surface area contributed by atoms with E-state index in [0.29, 0.717) is 6.04 Å². The second-order valence-electron chi connectivity index (χ2n) is 13.1. The number of hydrogen-bond donors (Lipinski definition) is 0. The standard InChI is InChI=1S/C41H33NOS2/c1-41(2)33-13-7-6-11-28(33)29-17-15-25(23-34(29)41)40-32-19-18-30(36-21-22-38(45-36)37-20-16-27(24-43)44-37)31-12-8-14-35(39(31)32)42(40)26-9-4-3-5-10-26/h3-7,9-11,13,15-24,35,40H,8,12,14H2,1-2H3. The van der Waals surface area contributed by atoms with E-state index in [-0.39, 0.29) is 11.5 Å². The summed E-state index contributed by atoms with van der Waals surface area (Å²) in [7, 11) is 0. The van der Waals surface area contributed by atoms with E-state index in [1.165, 1.54) is 66.4 Å². The molecule has 0 N–H and O–H groups in total. The lowest BCUT2D eigenvalue weighted by molar-refractivity contribution is 0.112. The zero-order valence-electron chi connectivity index (χ0n) is 25.4. The summed E-state index contributed by atoms with van der Waals surface area (Å²) in [5.41, 5.74) is 14.2. The Bertz CT molecular complexity index is 2120. The molecule has 2 nitrogen and oxygen atoms in total. The average molecular weight is 620 g/mol. The van der Waals surface area contributed by atoms with Gasteiger partial charge in [-0.25, -0.2) is 0 Å². The number of carbonyl (C=O) groups excluding carboxylic acids is 1. The Hall–Kier alpha value is -4.25. The van der Waals surface area contributed by atoms with Gasteiger partial charge in [-0.05, 0) is 106 Å². The lowest BCUT2D eigenvalue weighted by Gasteiger charge is -2.35. The van der Waals surface area contributed by atoms with E-state index in [4.69, 9.17) is 0 Å². The molecule has 6 aromatic rings. The molecule has 2 unspecified atom stereocenters. The number of benzene rings is 4. The van der Waals surface area contributed by atoms with E-state index in [1.54, 1.807) is 16.9 Å². The van der Waals surface area contributed by atoms with Gasteiger partial charge in [-0.3, -0.25) is 4.79 Å².